The third-order valence-corrected chi connectivity index (χ3v) is 2.32. The summed E-state index contributed by atoms with van der Waals surface area (Å²) in [6, 6.07) is 0. The van der Waals surface area contributed by atoms with Crippen molar-refractivity contribution in [1.82, 2.24) is 4.90 Å². The maximum absolute atomic E-state index is 5.61. The summed E-state index contributed by atoms with van der Waals surface area (Å²) in [7, 11) is 0. The van der Waals surface area contributed by atoms with Gasteiger partial charge in [0.15, 0.2) is 0 Å². The van der Waals surface area contributed by atoms with Crippen molar-refractivity contribution in [1.29, 1.82) is 0 Å². The Bertz CT molecular complexity index is 123. The molecule has 0 aromatic carbocycles. The molecule has 11 heavy (non-hydrogen) atoms. The van der Waals surface area contributed by atoms with Crippen LogP contribution in [0.1, 0.15) is 12.8 Å². The summed E-state index contributed by atoms with van der Waals surface area (Å²) in [5, 5.41) is 0. The quantitative estimate of drug-likeness (QED) is 0.610. The van der Waals surface area contributed by atoms with Crippen LogP contribution in [0, 0.1) is 5.92 Å². The number of hydrogen-bond acceptors (Lipinski definition) is 2. The van der Waals surface area contributed by atoms with Crippen molar-refractivity contribution in [3.05, 3.63) is 12.7 Å². The number of piperidine rings is 1. The molecule has 2 heteroatoms. The van der Waals surface area contributed by atoms with Crippen molar-refractivity contribution < 1.29 is 0 Å². The number of likely N-dealkylation sites (tertiary alicyclic amines) is 1. The first-order valence-corrected chi connectivity index (χ1v) is 4.40. The lowest BCUT2D eigenvalue weighted by Gasteiger charge is -2.30. The molecule has 1 atom stereocenters. The van der Waals surface area contributed by atoms with E-state index in [1.807, 2.05) is 6.08 Å². The Kier molecular flexibility index (Phi) is 3.60. The molecule has 1 rings (SSSR count). The highest BCUT2D eigenvalue weighted by Crippen LogP contribution is 2.14. The normalized spacial score (nSPS) is 26.8. The van der Waals surface area contributed by atoms with Gasteiger partial charge in [0.25, 0.3) is 0 Å². The summed E-state index contributed by atoms with van der Waals surface area (Å²) >= 11 is 0. The average molecular weight is 154 g/mol. The fourth-order valence-electron chi connectivity index (χ4n) is 1.69. The van der Waals surface area contributed by atoms with Crippen molar-refractivity contribution >= 4 is 0 Å². The van der Waals surface area contributed by atoms with Crippen LogP contribution in [-0.2, 0) is 0 Å². The van der Waals surface area contributed by atoms with Crippen LogP contribution in [-0.4, -0.2) is 31.1 Å². The summed E-state index contributed by atoms with van der Waals surface area (Å²) < 4.78 is 0. The van der Waals surface area contributed by atoms with Crippen molar-refractivity contribution in [3.8, 4) is 0 Å². The van der Waals surface area contributed by atoms with Crippen LogP contribution in [0.3, 0.4) is 0 Å². The van der Waals surface area contributed by atoms with Gasteiger partial charge >= 0.3 is 0 Å². The van der Waals surface area contributed by atoms with Gasteiger partial charge in [-0.05, 0) is 31.8 Å². The molecule has 0 aromatic heterocycles. The van der Waals surface area contributed by atoms with Gasteiger partial charge in [0.2, 0.25) is 0 Å². The van der Waals surface area contributed by atoms with Crippen LogP contribution in [0.25, 0.3) is 0 Å². The van der Waals surface area contributed by atoms with E-state index < -0.39 is 0 Å². The highest BCUT2D eigenvalue weighted by atomic mass is 15.1. The molecule has 2 nitrogen and oxygen atoms in total. The second-order valence-electron chi connectivity index (χ2n) is 3.29. The third kappa shape index (κ3) is 2.64. The van der Waals surface area contributed by atoms with Crippen LogP contribution in [0.4, 0.5) is 0 Å². The van der Waals surface area contributed by atoms with Gasteiger partial charge < -0.3 is 5.73 Å². The number of nitrogens with two attached hydrogens (primary N) is 1. The molecule has 0 amide bonds. The van der Waals surface area contributed by atoms with Gasteiger partial charge in [0.05, 0.1) is 0 Å². The molecule has 64 valence electrons. The molecule has 1 saturated heterocycles. The van der Waals surface area contributed by atoms with Gasteiger partial charge in [-0.2, -0.15) is 0 Å². The van der Waals surface area contributed by atoms with Crippen LogP contribution < -0.4 is 5.73 Å². The van der Waals surface area contributed by atoms with Crippen LogP contribution in [0.2, 0.25) is 0 Å². The van der Waals surface area contributed by atoms with Crippen molar-refractivity contribution in [2.24, 2.45) is 11.7 Å². The van der Waals surface area contributed by atoms with Gasteiger partial charge in [0, 0.05) is 13.1 Å². The van der Waals surface area contributed by atoms with E-state index in [-0.39, 0.29) is 0 Å². The molecule has 0 bridgehead atoms. The minimum Gasteiger partial charge on any atom is -0.330 e. The molecule has 1 fully saturated rings. The molecule has 0 radical (unpaired) electrons. The Morgan fingerprint density at radius 1 is 1.64 bits per heavy atom. The van der Waals surface area contributed by atoms with Crippen LogP contribution in [0.15, 0.2) is 12.7 Å². The Morgan fingerprint density at radius 3 is 3.09 bits per heavy atom. The van der Waals surface area contributed by atoms with Gasteiger partial charge in [-0.15, -0.1) is 6.58 Å². The van der Waals surface area contributed by atoms with Gasteiger partial charge in [0.1, 0.15) is 0 Å². The first-order valence-electron chi connectivity index (χ1n) is 4.40. The predicted molar refractivity (Wildman–Crippen MR) is 48.4 cm³/mol. The van der Waals surface area contributed by atoms with Crippen molar-refractivity contribution in [2.75, 3.05) is 26.2 Å². The Morgan fingerprint density at radius 2 is 2.45 bits per heavy atom. The Balaban J connectivity index is 2.27. The molecule has 1 aliphatic heterocycles. The van der Waals surface area contributed by atoms with E-state index in [0.29, 0.717) is 0 Å². The zero-order valence-electron chi connectivity index (χ0n) is 7.13. The SMILES string of the molecule is C=CCN1CCCC(CN)C1. The second-order valence-corrected chi connectivity index (χ2v) is 3.29. The first kappa shape index (κ1) is 8.75. The molecule has 0 aromatic rings. The molecule has 1 aliphatic rings. The van der Waals surface area contributed by atoms with Crippen LogP contribution in [0.5, 0.6) is 0 Å². The van der Waals surface area contributed by atoms with E-state index in [1.165, 1.54) is 25.9 Å². The van der Waals surface area contributed by atoms with Gasteiger partial charge in [-0.1, -0.05) is 6.08 Å². The zero-order chi connectivity index (χ0) is 8.10. The minimum absolute atomic E-state index is 0.726. The summed E-state index contributed by atoms with van der Waals surface area (Å²) in [4.78, 5) is 2.42. The van der Waals surface area contributed by atoms with Crippen LogP contribution >= 0.6 is 0 Å². The van der Waals surface area contributed by atoms with Crippen molar-refractivity contribution in [2.45, 2.75) is 12.8 Å². The van der Waals surface area contributed by atoms with E-state index in [9.17, 15) is 0 Å². The molecular formula is C9H18N2. The summed E-state index contributed by atoms with van der Waals surface area (Å²) in [6.45, 7) is 7.99. The maximum atomic E-state index is 5.61. The summed E-state index contributed by atoms with van der Waals surface area (Å²) in [5.41, 5.74) is 5.61. The predicted octanol–water partition coefficient (Wildman–Crippen LogP) is 0.843. The monoisotopic (exact) mass is 154 g/mol. The summed E-state index contributed by atoms with van der Waals surface area (Å²) in [6.07, 6.45) is 4.58. The number of hydrogen-bond donors (Lipinski definition) is 1. The average Bonchev–Trinajstić information content (AvgIpc) is 2.06. The Labute approximate surface area is 69.1 Å². The fourth-order valence-corrected chi connectivity index (χ4v) is 1.69. The molecule has 0 saturated carbocycles. The van der Waals surface area contributed by atoms with Gasteiger partial charge in [-0.3, -0.25) is 4.90 Å². The van der Waals surface area contributed by atoms with Gasteiger partial charge in [-0.25, -0.2) is 0 Å². The van der Waals surface area contributed by atoms with Crippen molar-refractivity contribution in [3.63, 3.8) is 0 Å². The molecular weight excluding hydrogens is 136 g/mol. The molecule has 2 N–H and O–H groups in total. The number of rotatable bonds is 3. The smallest absolute Gasteiger partial charge is 0.0160 e. The summed E-state index contributed by atoms with van der Waals surface area (Å²) in [5.74, 6) is 0.726. The standard InChI is InChI=1S/C9H18N2/c1-2-5-11-6-3-4-9(7-10)8-11/h2,9H,1,3-8,10H2. The Hall–Kier alpha value is -0.340. The van der Waals surface area contributed by atoms with E-state index in [4.69, 9.17) is 5.73 Å². The van der Waals surface area contributed by atoms with E-state index in [1.54, 1.807) is 0 Å². The van der Waals surface area contributed by atoms with E-state index >= 15 is 0 Å². The molecule has 1 unspecified atom stereocenters. The van der Waals surface area contributed by atoms with E-state index in [2.05, 4.69) is 11.5 Å². The van der Waals surface area contributed by atoms with E-state index in [0.717, 1.165) is 19.0 Å². The molecule has 1 heterocycles. The minimum atomic E-state index is 0.726. The molecule has 0 spiro atoms. The maximum Gasteiger partial charge on any atom is 0.0160 e. The lowest BCUT2D eigenvalue weighted by molar-refractivity contribution is 0.195. The second kappa shape index (κ2) is 4.52. The lowest BCUT2D eigenvalue weighted by Crippen LogP contribution is -2.38. The molecule has 0 aliphatic carbocycles. The largest absolute Gasteiger partial charge is 0.330 e. The highest BCUT2D eigenvalue weighted by Gasteiger charge is 2.16. The lowest BCUT2D eigenvalue weighted by atomic mass is 9.98. The number of nitrogens with zero attached hydrogens (tertiary/aromatic N) is 1. The fraction of sp³-hybridized carbons (Fsp3) is 0.778. The highest BCUT2D eigenvalue weighted by molar-refractivity contribution is 4.79. The first-order chi connectivity index (χ1) is 5.36. The third-order valence-electron chi connectivity index (χ3n) is 2.32. The topological polar surface area (TPSA) is 29.3 Å². The zero-order valence-corrected chi connectivity index (χ0v) is 7.13.